The standard InChI is InChI=1S/C44H32N4.Mg/c1-5-13-29(14-6-1)41-33-21-23-35(45-33)42(30-15-7-2-8-16-30)37-25-27-39(47-37)44(32-19-11-4-12-20-32)40-28-26-38(48-40)43(31-17-9-3-10-18-31)36-24-22-34(41)46-36;/h1-28,45-48H;. The smallest absolute Gasteiger partial charge is 0.0485 e. The Balaban J connectivity index is 0.00000348. The maximum Gasteiger partial charge on any atom is 0.0485 e. The van der Waals surface area contributed by atoms with Gasteiger partial charge in [-0.25, -0.2) is 0 Å². The van der Waals surface area contributed by atoms with E-state index in [4.69, 9.17) is 0 Å². The summed E-state index contributed by atoms with van der Waals surface area (Å²) < 4.78 is 0. The van der Waals surface area contributed by atoms with E-state index >= 15 is 0 Å². The van der Waals surface area contributed by atoms with Crippen LogP contribution >= 0.6 is 0 Å². The molecule has 0 saturated carbocycles. The first-order valence-corrected chi connectivity index (χ1v) is 16.3. The molecule has 8 bridgehead atoms. The molecule has 0 aliphatic carbocycles. The third-order valence-electron chi connectivity index (χ3n) is 9.15. The molecule has 5 heterocycles. The lowest BCUT2D eigenvalue weighted by atomic mass is 10.0. The van der Waals surface area contributed by atoms with E-state index in [1.54, 1.807) is 0 Å². The van der Waals surface area contributed by atoms with Crippen molar-refractivity contribution in [2.24, 2.45) is 0 Å². The fourth-order valence-electron chi connectivity index (χ4n) is 6.99. The van der Waals surface area contributed by atoms with Gasteiger partial charge in [0.25, 0.3) is 0 Å². The molecule has 4 N–H and O–H groups in total. The van der Waals surface area contributed by atoms with Crippen LogP contribution in [0.3, 0.4) is 0 Å². The van der Waals surface area contributed by atoms with Gasteiger partial charge in [-0.2, -0.15) is 0 Å². The van der Waals surface area contributed by atoms with Gasteiger partial charge in [0, 0.05) is 89.5 Å². The number of aromatic nitrogens is 4. The zero-order valence-corrected chi connectivity index (χ0v) is 28.3. The molecule has 0 amide bonds. The minimum absolute atomic E-state index is 0. The van der Waals surface area contributed by atoms with E-state index in [-0.39, 0.29) is 23.1 Å². The summed E-state index contributed by atoms with van der Waals surface area (Å²) in [4.78, 5) is 15.4. The maximum atomic E-state index is 3.84. The lowest BCUT2D eigenvalue weighted by Gasteiger charge is -2.09. The number of nitrogens with one attached hydrogen (secondary N) is 4. The van der Waals surface area contributed by atoms with Gasteiger partial charge in [0.2, 0.25) is 0 Å². The predicted octanol–water partition coefficient (Wildman–Crippen LogP) is 5.92. The average molecular weight is 641 g/mol. The molecule has 1 aliphatic rings. The number of rotatable bonds is 4. The van der Waals surface area contributed by atoms with Gasteiger partial charge in [0.1, 0.15) is 0 Å². The van der Waals surface area contributed by atoms with Crippen molar-refractivity contribution in [2.75, 3.05) is 0 Å². The van der Waals surface area contributed by atoms with E-state index in [0.717, 1.165) is 88.7 Å². The lowest BCUT2D eigenvalue weighted by molar-refractivity contribution is 1.19. The van der Waals surface area contributed by atoms with Gasteiger partial charge in [-0.15, -0.1) is 0 Å². The number of fused-ring (bicyclic) bond motifs is 8. The van der Waals surface area contributed by atoms with Crippen molar-refractivity contribution in [2.45, 2.75) is 0 Å². The Labute approximate surface area is 300 Å². The molecule has 8 aromatic rings. The van der Waals surface area contributed by atoms with Crippen LogP contribution in [-0.2, 0) is 0 Å². The Morgan fingerprint density at radius 3 is 0.673 bits per heavy atom. The molecule has 49 heavy (non-hydrogen) atoms. The number of H-pyrrole nitrogens is 4. The van der Waals surface area contributed by atoms with Gasteiger partial charge in [-0.05, 0) is 70.8 Å². The van der Waals surface area contributed by atoms with Crippen molar-refractivity contribution < 1.29 is 0 Å². The largest absolute Gasteiger partial charge is 0.354 e. The minimum atomic E-state index is 0. The van der Waals surface area contributed by atoms with E-state index in [1.807, 2.05) is 0 Å². The molecule has 0 spiro atoms. The topological polar surface area (TPSA) is 63.2 Å². The second-order valence-corrected chi connectivity index (χ2v) is 12.1. The van der Waals surface area contributed by atoms with E-state index < -0.39 is 0 Å². The molecule has 5 heteroatoms. The van der Waals surface area contributed by atoms with Crippen molar-refractivity contribution >= 4 is 45.3 Å². The van der Waals surface area contributed by atoms with Gasteiger partial charge in [-0.3, -0.25) is 0 Å². The molecule has 0 atom stereocenters. The molecule has 9 rings (SSSR count). The molecule has 1 aliphatic heterocycles. The highest BCUT2D eigenvalue weighted by atomic mass is 24.3. The van der Waals surface area contributed by atoms with E-state index in [9.17, 15) is 0 Å². The maximum absolute atomic E-state index is 3.84. The Hall–Kier alpha value is -5.75. The molecule has 0 fully saturated rings. The lowest BCUT2D eigenvalue weighted by Crippen LogP contribution is -2.19. The second-order valence-electron chi connectivity index (χ2n) is 12.1. The summed E-state index contributed by atoms with van der Waals surface area (Å²) in [6.45, 7) is 0. The first-order chi connectivity index (χ1) is 23.8. The third-order valence-corrected chi connectivity index (χ3v) is 9.15. The summed E-state index contributed by atoms with van der Waals surface area (Å²) in [5.74, 6) is 0. The van der Waals surface area contributed by atoms with Gasteiger partial charge in [0.15, 0.2) is 0 Å². The van der Waals surface area contributed by atoms with Gasteiger partial charge < -0.3 is 19.9 Å². The number of benzene rings is 4. The fraction of sp³-hybridized carbons (Fsp3) is 0. The second kappa shape index (κ2) is 13.0. The molecule has 4 aromatic carbocycles. The molecule has 4 aromatic heterocycles. The van der Waals surface area contributed by atoms with Crippen molar-refractivity contribution in [3.05, 3.63) is 236 Å². The highest BCUT2D eigenvalue weighted by Crippen LogP contribution is 2.27. The van der Waals surface area contributed by atoms with E-state index in [0.29, 0.717) is 0 Å². The minimum Gasteiger partial charge on any atom is -0.354 e. The zero-order chi connectivity index (χ0) is 31.9. The quantitative estimate of drug-likeness (QED) is 0.173. The number of hydrogen-bond donors (Lipinski definition) is 4. The van der Waals surface area contributed by atoms with Crippen LogP contribution in [0, 0.1) is 0 Å². The van der Waals surface area contributed by atoms with Crippen molar-refractivity contribution in [1.29, 1.82) is 0 Å². The van der Waals surface area contributed by atoms with Gasteiger partial charge >= 0.3 is 0 Å². The Morgan fingerprint density at radius 2 is 0.449 bits per heavy atom. The van der Waals surface area contributed by atoms with Crippen LogP contribution in [0.4, 0.5) is 0 Å². The SMILES string of the molecule is [Mg].c1ccc(C2=c3ccc([nH]3)=C(c3ccccc3)c3ccc([nH]3)C(c3ccccc3)=c3ccc([nH]3)=C(c3ccccc3)c3ccc2[nH]3)cc1. The Kier molecular flexibility index (Phi) is 8.13. The first kappa shape index (κ1) is 30.6. The summed E-state index contributed by atoms with van der Waals surface area (Å²) in [5, 5.41) is 4.16. The summed E-state index contributed by atoms with van der Waals surface area (Å²) in [5.41, 5.74) is 13.1. The predicted molar refractivity (Wildman–Crippen MR) is 200 cm³/mol. The van der Waals surface area contributed by atoms with E-state index in [1.165, 1.54) is 0 Å². The average Bonchev–Trinajstić information content (AvgIpc) is 3.98. The van der Waals surface area contributed by atoms with Crippen LogP contribution < -0.4 is 21.4 Å². The fourth-order valence-corrected chi connectivity index (χ4v) is 6.99. The third kappa shape index (κ3) is 5.63. The van der Waals surface area contributed by atoms with Crippen LogP contribution in [0.5, 0.6) is 0 Å². The Morgan fingerprint density at radius 1 is 0.224 bits per heavy atom. The van der Waals surface area contributed by atoms with Crippen molar-refractivity contribution in [1.82, 2.24) is 19.9 Å². The number of aromatic amines is 4. The normalized spacial score (nSPS) is 12.6. The molecule has 4 nitrogen and oxygen atoms in total. The molecule has 230 valence electrons. The zero-order valence-electron chi connectivity index (χ0n) is 26.9. The number of hydrogen-bond acceptors (Lipinski definition) is 0. The highest BCUT2D eigenvalue weighted by molar-refractivity contribution is 5.84. The van der Waals surface area contributed by atoms with E-state index in [2.05, 4.69) is 190 Å². The van der Waals surface area contributed by atoms with Gasteiger partial charge in [0.05, 0.1) is 0 Å². The Bertz CT molecular complexity index is 2280. The van der Waals surface area contributed by atoms with Crippen LogP contribution in [0.25, 0.3) is 22.3 Å². The van der Waals surface area contributed by atoms with Crippen LogP contribution in [-0.4, -0.2) is 43.0 Å². The molecular weight excluding hydrogens is 609 g/mol. The van der Waals surface area contributed by atoms with Crippen LogP contribution in [0.1, 0.15) is 45.0 Å². The molecule has 0 saturated heterocycles. The summed E-state index contributed by atoms with van der Waals surface area (Å²) in [6, 6.07) is 60.0. The summed E-state index contributed by atoms with van der Waals surface area (Å²) in [6.07, 6.45) is 0. The first-order valence-electron chi connectivity index (χ1n) is 16.3. The highest BCUT2D eigenvalue weighted by Gasteiger charge is 2.18. The summed E-state index contributed by atoms with van der Waals surface area (Å²) >= 11 is 0. The molecule has 0 unspecified atom stereocenters. The monoisotopic (exact) mass is 640 g/mol. The van der Waals surface area contributed by atoms with Gasteiger partial charge in [-0.1, -0.05) is 121 Å². The van der Waals surface area contributed by atoms with Crippen LogP contribution in [0.2, 0.25) is 0 Å². The molecular formula is C44H32MgN4. The van der Waals surface area contributed by atoms with Crippen LogP contribution in [0.15, 0.2) is 170 Å². The summed E-state index contributed by atoms with van der Waals surface area (Å²) in [7, 11) is 0. The van der Waals surface area contributed by atoms with Crippen molar-refractivity contribution in [3.8, 4) is 0 Å². The van der Waals surface area contributed by atoms with Crippen molar-refractivity contribution in [3.63, 3.8) is 0 Å². The molecule has 2 radical (unpaired) electrons.